The van der Waals surface area contributed by atoms with Crippen LogP contribution in [0.3, 0.4) is 0 Å². The van der Waals surface area contributed by atoms with Crippen LogP contribution >= 0.6 is 0 Å². The van der Waals surface area contributed by atoms with Gasteiger partial charge in [0.1, 0.15) is 12.6 Å². The minimum absolute atomic E-state index is 0.151. The van der Waals surface area contributed by atoms with E-state index in [4.69, 9.17) is 5.73 Å². The summed E-state index contributed by atoms with van der Waals surface area (Å²) in [6.07, 6.45) is 1.14. The van der Waals surface area contributed by atoms with Crippen LogP contribution in [0.1, 0.15) is 52.5 Å². The molecule has 0 aliphatic heterocycles. The normalized spacial score (nSPS) is 10.3. The zero-order valence-electron chi connectivity index (χ0n) is 19.8. The SMILES string of the molecule is CC.CC(C)CC(=O)NC(CCCNC(N)=O)C(=O)Nc1ccc(COC=O)cc1.CN. The van der Waals surface area contributed by atoms with E-state index in [1.54, 1.807) is 24.3 Å². The molecular formula is C22H39N5O5. The molecular weight excluding hydrogens is 414 g/mol. The molecule has 0 saturated heterocycles. The number of anilines is 1. The summed E-state index contributed by atoms with van der Waals surface area (Å²) in [5.74, 6) is -0.395. The van der Waals surface area contributed by atoms with Crippen molar-refractivity contribution in [3.8, 4) is 0 Å². The lowest BCUT2D eigenvalue weighted by Crippen LogP contribution is -2.44. The highest BCUT2D eigenvalue weighted by atomic mass is 16.5. The molecule has 10 heteroatoms. The number of benzene rings is 1. The van der Waals surface area contributed by atoms with Crippen molar-refractivity contribution in [2.24, 2.45) is 17.4 Å². The fourth-order valence-corrected chi connectivity index (χ4v) is 2.45. The van der Waals surface area contributed by atoms with Gasteiger partial charge in [0.25, 0.3) is 6.47 Å². The van der Waals surface area contributed by atoms with Crippen LogP contribution in [0, 0.1) is 5.92 Å². The lowest BCUT2D eigenvalue weighted by molar-refractivity contribution is -0.129. The van der Waals surface area contributed by atoms with E-state index in [9.17, 15) is 19.2 Å². The molecule has 0 saturated carbocycles. The summed E-state index contributed by atoms with van der Waals surface area (Å²) in [6, 6.07) is 5.44. The molecule has 0 radical (unpaired) electrons. The van der Waals surface area contributed by atoms with Crippen LogP contribution in [0.15, 0.2) is 24.3 Å². The van der Waals surface area contributed by atoms with Gasteiger partial charge >= 0.3 is 6.03 Å². The van der Waals surface area contributed by atoms with Crippen molar-refractivity contribution in [2.45, 2.75) is 59.6 Å². The molecule has 182 valence electrons. The van der Waals surface area contributed by atoms with E-state index in [0.29, 0.717) is 38.0 Å². The Morgan fingerprint density at radius 1 is 1.09 bits per heavy atom. The van der Waals surface area contributed by atoms with E-state index in [-0.39, 0.29) is 24.3 Å². The van der Waals surface area contributed by atoms with Crippen molar-refractivity contribution in [3.63, 3.8) is 0 Å². The monoisotopic (exact) mass is 453 g/mol. The first kappa shape index (κ1) is 31.0. The number of urea groups is 1. The molecule has 4 amide bonds. The summed E-state index contributed by atoms with van der Waals surface area (Å²) < 4.78 is 4.67. The lowest BCUT2D eigenvalue weighted by atomic mass is 10.1. The number of hydrogen-bond acceptors (Lipinski definition) is 6. The van der Waals surface area contributed by atoms with Gasteiger partial charge in [-0.2, -0.15) is 0 Å². The van der Waals surface area contributed by atoms with Gasteiger partial charge in [0.2, 0.25) is 11.8 Å². The topological polar surface area (TPSA) is 166 Å². The number of nitrogens with two attached hydrogens (primary N) is 2. The maximum Gasteiger partial charge on any atom is 0.312 e. The highest BCUT2D eigenvalue weighted by Crippen LogP contribution is 2.12. The predicted molar refractivity (Wildman–Crippen MR) is 126 cm³/mol. The van der Waals surface area contributed by atoms with E-state index < -0.39 is 12.1 Å². The third-order valence-electron chi connectivity index (χ3n) is 3.75. The molecule has 1 rings (SSSR count). The van der Waals surface area contributed by atoms with Crippen molar-refractivity contribution in [1.82, 2.24) is 10.6 Å². The average molecular weight is 454 g/mol. The Morgan fingerprint density at radius 3 is 2.19 bits per heavy atom. The number of carbonyl (C=O) groups is 4. The third-order valence-corrected chi connectivity index (χ3v) is 3.75. The molecule has 0 aliphatic rings. The van der Waals surface area contributed by atoms with Gasteiger partial charge in [0, 0.05) is 18.7 Å². The first-order chi connectivity index (χ1) is 15.3. The molecule has 0 heterocycles. The molecule has 1 unspecified atom stereocenters. The summed E-state index contributed by atoms with van der Waals surface area (Å²) in [5, 5.41) is 7.96. The van der Waals surface area contributed by atoms with E-state index in [1.807, 2.05) is 27.7 Å². The molecule has 1 atom stereocenters. The van der Waals surface area contributed by atoms with Crippen molar-refractivity contribution in [3.05, 3.63) is 29.8 Å². The number of carbonyl (C=O) groups excluding carboxylic acids is 4. The third kappa shape index (κ3) is 15.7. The second-order valence-electron chi connectivity index (χ2n) is 6.74. The standard InChI is InChI=1S/C19H28N4O5.C2H6.CH5N/c1-13(2)10-17(25)23-16(4-3-9-21-19(20)27)18(26)22-15-7-5-14(6-8-15)11-28-12-24;2*1-2/h5-8,12-13,16H,3-4,9-11H2,1-2H3,(H,22,26)(H,23,25)(H3,20,21,27);1-2H3;2H2,1H3. The van der Waals surface area contributed by atoms with Gasteiger partial charge in [-0.15, -0.1) is 0 Å². The van der Waals surface area contributed by atoms with Crippen molar-refractivity contribution >= 4 is 30.0 Å². The molecule has 32 heavy (non-hydrogen) atoms. The fraction of sp³-hybridized carbons (Fsp3) is 0.545. The van der Waals surface area contributed by atoms with Crippen LogP contribution in [0.5, 0.6) is 0 Å². The van der Waals surface area contributed by atoms with Crippen LogP contribution in [0.2, 0.25) is 0 Å². The predicted octanol–water partition coefficient (Wildman–Crippen LogP) is 1.88. The van der Waals surface area contributed by atoms with Crippen molar-refractivity contribution in [2.75, 3.05) is 18.9 Å². The van der Waals surface area contributed by atoms with E-state index in [2.05, 4.69) is 26.4 Å². The Bertz CT molecular complexity index is 665. The van der Waals surface area contributed by atoms with Gasteiger partial charge in [-0.1, -0.05) is 39.8 Å². The number of ether oxygens (including phenoxy) is 1. The molecule has 0 spiro atoms. The summed E-state index contributed by atoms with van der Waals surface area (Å²) in [6.45, 7) is 8.67. The zero-order valence-corrected chi connectivity index (χ0v) is 19.8. The number of hydrogen-bond donors (Lipinski definition) is 5. The van der Waals surface area contributed by atoms with Crippen LogP contribution in [-0.2, 0) is 25.7 Å². The van der Waals surface area contributed by atoms with Crippen molar-refractivity contribution in [1.29, 1.82) is 0 Å². The summed E-state index contributed by atoms with van der Waals surface area (Å²) in [5.41, 5.74) is 10.9. The largest absolute Gasteiger partial charge is 0.463 e. The quantitative estimate of drug-likeness (QED) is 0.239. The fourth-order valence-electron chi connectivity index (χ4n) is 2.45. The smallest absolute Gasteiger partial charge is 0.312 e. The molecule has 1 aromatic rings. The average Bonchev–Trinajstić information content (AvgIpc) is 2.77. The van der Waals surface area contributed by atoms with Gasteiger partial charge in [0.15, 0.2) is 0 Å². The minimum Gasteiger partial charge on any atom is -0.463 e. The molecule has 0 fully saturated rings. The Labute approximate surface area is 190 Å². The highest BCUT2D eigenvalue weighted by molar-refractivity contribution is 5.97. The first-order valence-corrected chi connectivity index (χ1v) is 10.7. The number of amides is 4. The van der Waals surface area contributed by atoms with Crippen LogP contribution in [0.25, 0.3) is 0 Å². The maximum absolute atomic E-state index is 12.6. The highest BCUT2D eigenvalue weighted by Gasteiger charge is 2.21. The van der Waals surface area contributed by atoms with Gasteiger partial charge in [-0.3, -0.25) is 14.4 Å². The second kappa shape index (κ2) is 19.8. The Morgan fingerprint density at radius 2 is 1.69 bits per heavy atom. The Kier molecular flexibility index (Phi) is 19.2. The molecule has 10 nitrogen and oxygen atoms in total. The second-order valence-corrected chi connectivity index (χ2v) is 6.74. The Balaban J connectivity index is 0. The van der Waals surface area contributed by atoms with Gasteiger partial charge in [-0.05, 0) is 43.5 Å². The number of rotatable bonds is 12. The first-order valence-electron chi connectivity index (χ1n) is 10.7. The molecule has 0 aliphatic carbocycles. The number of primary amides is 1. The molecule has 1 aromatic carbocycles. The molecule has 0 bridgehead atoms. The summed E-state index contributed by atoms with van der Waals surface area (Å²) >= 11 is 0. The van der Waals surface area contributed by atoms with Crippen molar-refractivity contribution < 1.29 is 23.9 Å². The van der Waals surface area contributed by atoms with Crippen LogP contribution in [0.4, 0.5) is 10.5 Å². The number of nitrogens with one attached hydrogen (secondary N) is 3. The zero-order chi connectivity index (χ0) is 24.9. The van der Waals surface area contributed by atoms with E-state index in [0.717, 1.165) is 5.56 Å². The maximum atomic E-state index is 12.6. The minimum atomic E-state index is -0.737. The van der Waals surface area contributed by atoms with E-state index in [1.165, 1.54) is 7.05 Å². The van der Waals surface area contributed by atoms with Crippen LogP contribution in [-0.4, -0.2) is 44.0 Å². The van der Waals surface area contributed by atoms with Gasteiger partial charge in [0.05, 0.1) is 0 Å². The van der Waals surface area contributed by atoms with E-state index >= 15 is 0 Å². The van der Waals surface area contributed by atoms with Gasteiger partial charge in [-0.25, -0.2) is 4.79 Å². The molecule has 0 aromatic heterocycles. The summed E-state index contributed by atoms with van der Waals surface area (Å²) in [4.78, 5) is 45.7. The Hall–Kier alpha value is -3.14. The lowest BCUT2D eigenvalue weighted by Gasteiger charge is -2.19. The van der Waals surface area contributed by atoms with Crippen LogP contribution < -0.4 is 27.4 Å². The van der Waals surface area contributed by atoms with Gasteiger partial charge < -0.3 is 32.2 Å². The summed E-state index contributed by atoms with van der Waals surface area (Å²) in [7, 11) is 1.50. The molecule has 7 N–H and O–H groups in total.